The van der Waals surface area contributed by atoms with E-state index in [1.807, 2.05) is 0 Å². The van der Waals surface area contributed by atoms with Crippen LogP contribution in [0.25, 0.3) is 10.1 Å². The van der Waals surface area contributed by atoms with E-state index in [0.29, 0.717) is 20.7 Å². The van der Waals surface area contributed by atoms with E-state index in [2.05, 4.69) is 0 Å². The van der Waals surface area contributed by atoms with Crippen LogP contribution in [0.3, 0.4) is 0 Å². The largest absolute Gasteiger partial charge is 0.374 e. The first-order valence-corrected chi connectivity index (χ1v) is 11.0. The van der Waals surface area contributed by atoms with Gasteiger partial charge in [0.05, 0.1) is 16.9 Å². The third kappa shape index (κ3) is 3.08. The molecular weight excluding hydrogens is 402 g/mol. The van der Waals surface area contributed by atoms with Crippen molar-refractivity contribution < 1.29 is 27.6 Å². The molecule has 0 spiro atoms. The monoisotopic (exact) mass is 415 g/mol. The highest BCUT2D eigenvalue weighted by molar-refractivity contribution is 7.89. The minimum Gasteiger partial charge on any atom is -0.323 e. The smallest absolute Gasteiger partial charge is 0.323 e. The lowest BCUT2D eigenvalue weighted by molar-refractivity contribution is -0.0581. The molecule has 1 aliphatic rings. The molecule has 28 heavy (non-hydrogen) atoms. The molecule has 0 aliphatic carbocycles. The maximum absolute atomic E-state index is 12.8. The van der Waals surface area contributed by atoms with Gasteiger partial charge in [0.2, 0.25) is 0 Å². The Kier molecular flexibility index (Phi) is 4.28. The molecule has 0 unspecified atom stereocenters. The molecule has 4 rings (SSSR count). The van der Waals surface area contributed by atoms with Crippen LogP contribution in [0.5, 0.6) is 0 Å². The van der Waals surface area contributed by atoms with Crippen molar-refractivity contribution in [3.05, 3.63) is 70.1 Å². The number of hydrogen-bond acceptors (Lipinski definition) is 7. The van der Waals surface area contributed by atoms with Crippen molar-refractivity contribution in [2.75, 3.05) is 6.26 Å². The number of thiophene rings is 1. The number of hydroxylamine groups is 2. The highest BCUT2D eigenvalue weighted by Gasteiger charge is 2.39. The van der Waals surface area contributed by atoms with Gasteiger partial charge in [0.25, 0.3) is 11.8 Å². The van der Waals surface area contributed by atoms with Crippen LogP contribution in [0.15, 0.2) is 48.5 Å². The summed E-state index contributed by atoms with van der Waals surface area (Å²) in [5.41, 5.74) is 0.589. The summed E-state index contributed by atoms with van der Waals surface area (Å²) in [6, 6.07) is 13.1. The molecule has 7 nitrogen and oxygen atoms in total. The van der Waals surface area contributed by atoms with Crippen molar-refractivity contribution >= 4 is 49.0 Å². The second kappa shape index (κ2) is 6.54. The topological polar surface area (TPSA) is 97.8 Å². The van der Waals surface area contributed by atoms with E-state index in [0.717, 1.165) is 17.6 Å². The molecule has 0 N–H and O–H groups in total. The van der Waals surface area contributed by atoms with Crippen LogP contribution < -0.4 is 0 Å². The van der Waals surface area contributed by atoms with Gasteiger partial charge in [0.1, 0.15) is 4.88 Å². The fourth-order valence-corrected chi connectivity index (χ4v) is 5.05. The Balaban J connectivity index is 1.72. The van der Waals surface area contributed by atoms with Crippen LogP contribution in [0.1, 0.15) is 36.0 Å². The van der Waals surface area contributed by atoms with E-state index in [9.17, 15) is 22.8 Å². The van der Waals surface area contributed by atoms with Gasteiger partial charge in [-0.3, -0.25) is 9.59 Å². The second-order valence-corrected chi connectivity index (χ2v) is 9.50. The Hall–Kier alpha value is -3.04. The van der Waals surface area contributed by atoms with E-state index < -0.39 is 27.6 Å². The predicted molar refractivity (Wildman–Crippen MR) is 103 cm³/mol. The zero-order chi connectivity index (χ0) is 20.1. The number of carbonyl (C=O) groups excluding carboxylic acids is 3. The molecule has 0 atom stereocenters. The standard InChI is InChI=1S/C19H13NO6S2/c1-28(24,25)10-14-11-6-4-5-9-15(11)27-16(14)19(23)26-20-17(21)12-7-2-3-8-13(12)18(20)22/h2-9H,10H2,1H3. The van der Waals surface area contributed by atoms with Crippen molar-refractivity contribution in [2.45, 2.75) is 5.75 Å². The third-order valence-electron chi connectivity index (χ3n) is 4.22. The number of hydrogen-bond donors (Lipinski definition) is 0. The number of benzene rings is 2. The van der Waals surface area contributed by atoms with Gasteiger partial charge in [-0.2, -0.15) is 0 Å². The van der Waals surface area contributed by atoms with Crippen LogP contribution in [-0.4, -0.2) is 37.5 Å². The number of sulfone groups is 1. The van der Waals surface area contributed by atoms with Crippen molar-refractivity contribution in [3.8, 4) is 0 Å². The summed E-state index contributed by atoms with van der Waals surface area (Å²) >= 11 is 1.05. The molecular formula is C19H13NO6S2. The molecule has 0 saturated carbocycles. The van der Waals surface area contributed by atoms with Gasteiger partial charge in [-0.15, -0.1) is 11.3 Å². The fraction of sp³-hybridized carbons (Fsp3) is 0.105. The lowest BCUT2D eigenvalue weighted by Gasteiger charge is -2.12. The van der Waals surface area contributed by atoms with Crippen molar-refractivity contribution in [2.24, 2.45) is 0 Å². The van der Waals surface area contributed by atoms with Gasteiger partial charge in [-0.05, 0) is 23.6 Å². The highest BCUT2D eigenvalue weighted by atomic mass is 32.2. The number of carbonyl (C=O) groups is 3. The van der Waals surface area contributed by atoms with Gasteiger partial charge in [0.15, 0.2) is 9.84 Å². The van der Waals surface area contributed by atoms with Gasteiger partial charge < -0.3 is 4.84 Å². The summed E-state index contributed by atoms with van der Waals surface area (Å²) in [4.78, 5) is 42.7. The molecule has 0 saturated heterocycles. The average Bonchev–Trinajstić information content (AvgIpc) is 3.12. The third-order valence-corrected chi connectivity index (χ3v) is 6.23. The number of amides is 2. The maximum atomic E-state index is 12.8. The Bertz CT molecular complexity index is 1220. The molecule has 0 fully saturated rings. The van der Waals surface area contributed by atoms with Crippen molar-refractivity contribution in [3.63, 3.8) is 0 Å². The molecule has 9 heteroatoms. The lowest BCUT2D eigenvalue weighted by Crippen LogP contribution is -2.32. The zero-order valence-electron chi connectivity index (χ0n) is 14.5. The lowest BCUT2D eigenvalue weighted by atomic mass is 10.1. The van der Waals surface area contributed by atoms with Gasteiger partial charge in [-0.25, -0.2) is 13.2 Å². The minimum atomic E-state index is -3.44. The summed E-state index contributed by atoms with van der Waals surface area (Å²) in [7, 11) is -3.44. The molecule has 0 bridgehead atoms. The molecule has 2 amide bonds. The molecule has 2 aromatic carbocycles. The Morgan fingerprint density at radius 2 is 1.57 bits per heavy atom. The number of fused-ring (bicyclic) bond motifs is 2. The normalized spacial score (nSPS) is 13.8. The fourth-order valence-electron chi connectivity index (χ4n) is 3.04. The molecule has 3 aromatic rings. The van der Waals surface area contributed by atoms with Crippen molar-refractivity contribution in [1.82, 2.24) is 5.06 Å². The van der Waals surface area contributed by atoms with Gasteiger partial charge in [0, 0.05) is 16.5 Å². The van der Waals surface area contributed by atoms with E-state index in [1.54, 1.807) is 36.4 Å². The quantitative estimate of drug-likeness (QED) is 0.608. The minimum absolute atomic E-state index is 0.0446. The van der Waals surface area contributed by atoms with E-state index in [4.69, 9.17) is 4.84 Å². The summed E-state index contributed by atoms with van der Waals surface area (Å²) in [5, 5.41) is 1.04. The van der Waals surface area contributed by atoms with Gasteiger partial charge in [-0.1, -0.05) is 35.4 Å². The van der Waals surface area contributed by atoms with Gasteiger partial charge >= 0.3 is 5.97 Å². The maximum Gasteiger partial charge on any atom is 0.374 e. The second-order valence-electron chi connectivity index (χ2n) is 6.30. The Labute approximate surface area is 164 Å². The number of imide groups is 1. The SMILES string of the molecule is CS(=O)(=O)Cc1c(C(=O)ON2C(=O)c3ccccc3C2=O)sc2ccccc12. The van der Waals surface area contributed by atoms with Crippen LogP contribution in [0.4, 0.5) is 0 Å². The molecule has 1 aromatic heterocycles. The summed E-state index contributed by atoms with van der Waals surface area (Å²) < 4.78 is 24.4. The molecule has 142 valence electrons. The summed E-state index contributed by atoms with van der Waals surface area (Å²) in [6.45, 7) is 0. The van der Waals surface area contributed by atoms with E-state index in [1.165, 1.54) is 12.1 Å². The Morgan fingerprint density at radius 3 is 2.18 bits per heavy atom. The Morgan fingerprint density at radius 1 is 1.00 bits per heavy atom. The first-order valence-electron chi connectivity index (χ1n) is 8.14. The first-order chi connectivity index (χ1) is 13.3. The molecule has 1 aliphatic heterocycles. The average molecular weight is 415 g/mol. The van der Waals surface area contributed by atoms with Crippen LogP contribution >= 0.6 is 11.3 Å². The highest BCUT2D eigenvalue weighted by Crippen LogP contribution is 2.34. The van der Waals surface area contributed by atoms with Crippen LogP contribution in [0.2, 0.25) is 0 Å². The number of rotatable bonds is 4. The first kappa shape index (κ1) is 18.3. The van der Waals surface area contributed by atoms with Crippen LogP contribution in [0, 0.1) is 0 Å². The zero-order valence-corrected chi connectivity index (χ0v) is 16.2. The predicted octanol–water partition coefficient (Wildman–Crippen LogP) is 2.81. The van der Waals surface area contributed by atoms with E-state index in [-0.39, 0.29) is 21.8 Å². The molecule has 0 radical (unpaired) electrons. The summed E-state index contributed by atoms with van der Waals surface area (Å²) in [5.74, 6) is -2.78. The van der Waals surface area contributed by atoms with Crippen molar-refractivity contribution in [1.29, 1.82) is 0 Å². The van der Waals surface area contributed by atoms with E-state index >= 15 is 0 Å². The molecule has 2 heterocycles. The number of nitrogens with zero attached hydrogens (tertiary/aromatic N) is 1. The van der Waals surface area contributed by atoms with Crippen LogP contribution in [-0.2, 0) is 20.4 Å². The summed E-state index contributed by atoms with van der Waals surface area (Å²) in [6.07, 6.45) is 1.07.